The highest BCUT2D eigenvalue weighted by atomic mass is 16.2. The summed E-state index contributed by atoms with van der Waals surface area (Å²) in [7, 11) is 0. The number of benzene rings is 1. The molecule has 1 aromatic rings. The zero-order chi connectivity index (χ0) is 10.7. The first-order valence-corrected chi connectivity index (χ1v) is 4.83. The monoisotopic (exact) mass is 200 g/mol. The lowest BCUT2D eigenvalue weighted by Crippen LogP contribution is -2.32. The summed E-state index contributed by atoms with van der Waals surface area (Å²) in [4.78, 5) is 17.5. The quantitative estimate of drug-likeness (QED) is 0.668. The van der Waals surface area contributed by atoms with Gasteiger partial charge in [0.2, 0.25) is 5.91 Å². The normalized spacial score (nSPS) is 14.7. The molecule has 1 aliphatic rings. The van der Waals surface area contributed by atoms with Gasteiger partial charge in [-0.25, -0.2) is 0 Å². The van der Waals surface area contributed by atoms with E-state index in [-0.39, 0.29) is 12.5 Å². The molecule has 15 heavy (non-hydrogen) atoms. The zero-order valence-electron chi connectivity index (χ0n) is 8.39. The van der Waals surface area contributed by atoms with Gasteiger partial charge in [-0.3, -0.25) is 9.79 Å². The third kappa shape index (κ3) is 1.81. The first-order valence-electron chi connectivity index (χ1n) is 4.83. The number of aliphatic imine (C=N–C) groups is 1. The Morgan fingerprint density at radius 3 is 3.07 bits per heavy atom. The minimum absolute atomic E-state index is 0.0103. The molecule has 76 valence electrons. The number of hydrogen-bond acceptors (Lipinski definition) is 2. The highest BCUT2D eigenvalue weighted by Gasteiger charge is 2.18. The third-order valence-corrected chi connectivity index (χ3v) is 2.30. The van der Waals surface area contributed by atoms with E-state index in [1.54, 1.807) is 17.2 Å². The lowest BCUT2D eigenvalue weighted by Gasteiger charge is -2.20. The van der Waals surface area contributed by atoms with Crippen LogP contribution in [0.3, 0.4) is 0 Å². The van der Waals surface area contributed by atoms with Gasteiger partial charge in [0, 0.05) is 18.3 Å². The molecule has 0 bridgehead atoms. The molecule has 0 atom stereocenters. The molecular weight excluding hydrogens is 188 g/mol. The Morgan fingerprint density at radius 1 is 1.47 bits per heavy atom. The number of hydrogen-bond donors (Lipinski definition) is 0. The number of fused-ring (bicyclic) bond motifs is 1. The van der Waals surface area contributed by atoms with Gasteiger partial charge in [-0.2, -0.15) is 0 Å². The van der Waals surface area contributed by atoms with Crippen LogP contribution in [0.2, 0.25) is 0 Å². The van der Waals surface area contributed by atoms with Gasteiger partial charge in [0.25, 0.3) is 0 Å². The number of amides is 1. The zero-order valence-corrected chi connectivity index (χ0v) is 8.39. The van der Waals surface area contributed by atoms with Crippen molar-refractivity contribution in [1.82, 2.24) is 0 Å². The molecule has 0 aromatic heterocycles. The van der Waals surface area contributed by atoms with E-state index in [9.17, 15) is 4.79 Å². The van der Waals surface area contributed by atoms with Gasteiger partial charge in [-0.1, -0.05) is 24.3 Å². The standard InChI is InChI=1S/C12H12N2O/c1-2-7-14-11-6-4-3-5-10(11)8-13-9-12(14)15/h2-6,8H,1,7,9H2. The Balaban J connectivity index is 2.47. The molecule has 0 aliphatic carbocycles. The second-order valence-corrected chi connectivity index (χ2v) is 3.32. The molecule has 3 nitrogen and oxygen atoms in total. The van der Waals surface area contributed by atoms with Crippen molar-refractivity contribution in [3.05, 3.63) is 42.5 Å². The van der Waals surface area contributed by atoms with Crippen molar-refractivity contribution in [2.75, 3.05) is 18.0 Å². The number of benzodiazepines with no additional fused rings is 1. The molecule has 1 aromatic carbocycles. The second kappa shape index (κ2) is 4.09. The smallest absolute Gasteiger partial charge is 0.248 e. The molecule has 0 saturated carbocycles. The van der Waals surface area contributed by atoms with Crippen LogP contribution in [0.1, 0.15) is 5.56 Å². The summed E-state index contributed by atoms with van der Waals surface area (Å²) in [6.07, 6.45) is 3.47. The largest absolute Gasteiger partial charge is 0.306 e. The van der Waals surface area contributed by atoms with Gasteiger partial charge in [0.1, 0.15) is 6.54 Å². The maximum absolute atomic E-state index is 11.7. The highest BCUT2D eigenvalue weighted by molar-refractivity contribution is 6.03. The molecule has 1 heterocycles. The first-order chi connectivity index (χ1) is 7.33. The third-order valence-electron chi connectivity index (χ3n) is 2.30. The summed E-state index contributed by atoms with van der Waals surface area (Å²) in [6, 6.07) is 7.73. The maximum Gasteiger partial charge on any atom is 0.248 e. The first kappa shape index (κ1) is 9.65. The molecular formula is C12H12N2O. The van der Waals surface area contributed by atoms with E-state index in [1.165, 1.54) is 0 Å². The summed E-state index contributed by atoms with van der Waals surface area (Å²) in [5, 5.41) is 0. The predicted molar refractivity (Wildman–Crippen MR) is 61.5 cm³/mol. The molecule has 0 radical (unpaired) electrons. The van der Waals surface area contributed by atoms with Crippen molar-refractivity contribution in [3.8, 4) is 0 Å². The van der Waals surface area contributed by atoms with Crippen molar-refractivity contribution < 1.29 is 4.79 Å². The molecule has 0 unspecified atom stereocenters. The average molecular weight is 200 g/mol. The molecule has 2 rings (SSSR count). The van der Waals surface area contributed by atoms with Crippen LogP contribution >= 0.6 is 0 Å². The van der Waals surface area contributed by atoms with Gasteiger partial charge in [-0.05, 0) is 6.07 Å². The lowest BCUT2D eigenvalue weighted by molar-refractivity contribution is -0.117. The molecule has 1 amide bonds. The number of carbonyl (C=O) groups is 1. The van der Waals surface area contributed by atoms with Gasteiger partial charge in [-0.15, -0.1) is 6.58 Å². The van der Waals surface area contributed by atoms with Crippen molar-refractivity contribution in [1.29, 1.82) is 0 Å². The molecule has 0 N–H and O–H groups in total. The van der Waals surface area contributed by atoms with E-state index in [4.69, 9.17) is 0 Å². The molecule has 0 fully saturated rings. The highest BCUT2D eigenvalue weighted by Crippen LogP contribution is 2.20. The van der Waals surface area contributed by atoms with Crippen molar-refractivity contribution in [2.45, 2.75) is 0 Å². The summed E-state index contributed by atoms with van der Waals surface area (Å²) < 4.78 is 0. The van der Waals surface area contributed by atoms with Crippen LogP contribution in [0.15, 0.2) is 41.9 Å². The van der Waals surface area contributed by atoms with E-state index in [2.05, 4.69) is 11.6 Å². The predicted octanol–water partition coefficient (Wildman–Crippen LogP) is 1.64. The summed E-state index contributed by atoms with van der Waals surface area (Å²) in [6.45, 7) is 4.40. The van der Waals surface area contributed by atoms with Gasteiger partial charge in [0.05, 0.1) is 5.69 Å². The van der Waals surface area contributed by atoms with Crippen LogP contribution in [-0.4, -0.2) is 25.2 Å². The van der Waals surface area contributed by atoms with Crippen molar-refractivity contribution in [3.63, 3.8) is 0 Å². The van der Waals surface area contributed by atoms with Crippen LogP contribution in [0.25, 0.3) is 0 Å². The maximum atomic E-state index is 11.7. The Morgan fingerprint density at radius 2 is 2.27 bits per heavy atom. The number of rotatable bonds is 2. The fraction of sp³-hybridized carbons (Fsp3) is 0.167. The van der Waals surface area contributed by atoms with Crippen LogP contribution in [-0.2, 0) is 4.79 Å². The van der Waals surface area contributed by atoms with Gasteiger partial charge in [0.15, 0.2) is 0 Å². The van der Waals surface area contributed by atoms with Crippen LogP contribution in [0, 0.1) is 0 Å². The summed E-state index contributed by atoms with van der Waals surface area (Å²) >= 11 is 0. The van der Waals surface area contributed by atoms with E-state index in [0.29, 0.717) is 6.54 Å². The fourth-order valence-corrected chi connectivity index (χ4v) is 1.61. The van der Waals surface area contributed by atoms with Crippen molar-refractivity contribution >= 4 is 17.8 Å². The van der Waals surface area contributed by atoms with E-state index in [0.717, 1.165) is 11.3 Å². The fourth-order valence-electron chi connectivity index (χ4n) is 1.61. The minimum atomic E-state index is 0.0103. The molecule has 3 heteroatoms. The van der Waals surface area contributed by atoms with Gasteiger partial charge < -0.3 is 4.90 Å². The SMILES string of the molecule is C=CCN1C(=O)CN=Cc2ccccc21. The molecule has 1 aliphatic heterocycles. The Labute approximate surface area is 88.7 Å². The van der Waals surface area contributed by atoms with Gasteiger partial charge >= 0.3 is 0 Å². The molecule has 0 spiro atoms. The number of para-hydroxylation sites is 1. The van der Waals surface area contributed by atoms with Crippen LogP contribution in [0.4, 0.5) is 5.69 Å². The van der Waals surface area contributed by atoms with Crippen molar-refractivity contribution in [2.24, 2.45) is 4.99 Å². The molecule has 0 saturated heterocycles. The van der Waals surface area contributed by atoms with Crippen LogP contribution < -0.4 is 4.90 Å². The van der Waals surface area contributed by atoms with E-state index in [1.807, 2.05) is 24.3 Å². The van der Waals surface area contributed by atoms with E-state index < -0.39 is 0 Å². The number of nitrogens with zero attached hydrogens (tertiary/aromatic N) is 2. The second-order valence-electron chi connectivity index (χ2n) is 3.32. The van der Waals surface area contributed by atoms with E-state index >= 15 is 0 Å². The summed E-state index contributed by atoms with van der Waals surface area (Å²) in [5.74, 6) is 0.0103. The Bertz CT molecular complexity index is 423. The minimum Gasteiger partial charge on any atom is -0.306 e. The lowest BCUT2D eigenvalue weighted by atomic mass is 10.2. The Hall–Kier alpha value is -1.90. The number of carbonyl (C=O) groups excluding carboxylic acids is 1. The topological polar surface area (TPSA) is 32.7 Å². The Kier molecular flexibility index (Phi) is 2.63. The summed E-state index contributed by atoms with van der Waals surface area (Å²) in [5.41, 5.74) is 1.88. The average Bonchev–Trinajstić information content (AvgIpc) is 2.40. The number of anilines is 1. The van der Waals surface area contributed by atoms with Crippen LogP contribution in [0.5, 0.6) is 0 Å².